The van der Waals surface area contributed by atoms with Gasteiger partial charge in [-0.1, -0.05) is 30.3 Å². The van der Waals surface area contributed by atoms with Gasteiger partial charge in [0.25, 0.3) is 0 Å². The van der Waals surface area contributed by atoms with E-state index >= 15 is 0 Å². The van der Waals surface area contributed by atoms with Crippen molar-refractivity contribution in [3.05, 3.63) is 35.9 Å². The van der Waals surface area contributed by atoms with Gasteiger partial charge in [0.05, 0.1) is 11.7 Å². The lowest BCUT2D eigenvalue weighted by atomic mass is 9.99. The van der Waals surface area contributed by atoms with Gasteiger partial charge in [0, 0.05) is 25.7 Å². The van der Waals surface area contributed by atoms with Crippen LogP contribution in [0.4, 0.5) is 0 Å². The molecule has 0 aromatic heterocycles. The van der Waals surface area contributed by atoms with Gasteiger partial charge in [0.15, 0.2) is 0 Å². The van der Waals surface area contributed by atoms with Gasteiger partial charge in [-0.25, -0.2) is 0 Å². The van der Waals surface area contributed by atoms with Gasteiger partial charge in [-0.2, -0.15) is 0 Å². The summed E-state index contributed by atoms with van der Waals surface area (Å²) in [5, 5.41) is 0. The lowest BCUT2D eigenvalue weighted by Crippen LogP contribution is -2.57. The largest absolute Gasteiger partial charge is 0.370 e. The zero-order chi connectivity index (χ0) is 13.9. The Labute approximate surface area is 116 Å². The Morgan fingerprint density at radius 1 is 1.37 bits per heavy atom. The number of nitrogens with zero attached hydrogens (tertiary/aromatic N) is 1. The lowest BCUT2D eigenvalue weighted by Gasteiger charge is -2.45. The van der Waals surface area contributed by atoms with Crippen LogP contribution in [0, 0.1) is 0 Å². The molecule has 19 heavy (non-hydrogen) atoms. The molecule has 1 aromatic carbocycles. The molecule has 2 unspecified atom stereocenters. The number of morpholine rings is 1. The molecule has 1 heterocycles. The van der Waals surface area contributed by atoms with E-state index < -0.39 is 0 Å². The molecular formula is C16H26N2O. The van der Waals surface area contributed by atoms with Crippen LogP contribution in [0.2, 0.25) is 0 Å². The van der Waals surface area contributed by atoms with Crippen molar-refractivity contribution in [2.45, 2.75) is 44.9 Å². The molecule has 0 amide bonds. The molecular weight excluding hydrogens is 236 g/mol. The molecule has 0 bridgehead atoms. The fraction of sp³-hybridized carbons (Fsp3) is 0.625. The minimum Gasteiger partial charge on any atom is -0.370 e. The zero-order valence-electron chi connectivity index (χ0n) is 12.3. The van der Waals surface area contributed by atoms with Crippen molar-refractivity contribution in [3.8, 4) is 0 Å². The first kappa shape index (κ1) is 14.5. The van der Waals surface area contributed by atoms with Crippen LogP contribution < -0.4 is 5.73 Å². The number of benzene rings is 1. The van der Waals surface area contributed by atoms with Gasteiger partial charge in [-0.15, -0.1) is 0 Å². The Balaban J connectivity index is 2.05. The highest BCUT2D eigenvalue weighted by molar-refractivity contribution is 5.16. The third kappa shape index (κ3) is 4.03. The van der Waals surface area contributed by atoms with Crippen molar-refractivity contribution in [1.29, 1.82) is 0 Å². The minimum atomic E-state index is -0.0816. The summed E-state index contributed by atoms with van der Waals surface area (Å²) in [6, 6.07) is 11.0. The molecule has 1 aliphatic heterocycles. The van der Waals surface area contributed by atoms with Crippen LogP contribution in [-0.2, 0) is 11.2 Å². The van der Waals surface area contributed by atoms with E-state index in [0.29, 0.717) is 12.6 Å². The summed E-state index contributed by atoms with van der Waals surface area (Å²) in [7, 11) is 0. The van der Waals surface area contributed by atoms with Gasteiger partial charge in [0.1, 0.15) is 0 Å². The maximum absolute atomic E-state index is 6.00. The van der Waals surface area contributed by atoms with Gasteiger partial charge in [-0.3, -0.25) is 4.90 Å². The van der Waals surface area contributed by atoms with E-state index in [2.05, 4.69) is 56.0 Å². The molecule has 0 saturated carbocycles. The average molecular weight is 262 g/mol. The van der Waals surface area contributed by atoms with Gasteiger partial charge in [0.2, 0.25) is 0 Å². The van der Waals surface area contributed by atoms with Gasteiger partial charge >= 0.3 is 0 Å². The Morgan fingerprint density at radius 3 is 2.63 bits per heavy atom. The minimum absolute atomic E-state index is 0.0816. The molecule has 106 valence electrons. The predicted octanol–water partition coefficient (Wildman–Crippen LogP) is 2.06. The highest BCUT2D eigenvalue weighted by atomic mass is 16.5. The maximum atomic E-state index is 6.00. The summed E-state index contributed by atoms with van der Waals surface area (Å²) in [6.45, 7) is 9.07. The lowest BCUT2D eigenvalue weighted by molar-refractivity contribution is -0.137. The van der Waals surface area contributed by atoms with Crippen LogP contribution >= 0.6 is 0 Å². The summed E-state index contributed by atoms with van der Waals surface area (Å²) in [5.74, 6) is 0. The number of hydrogen-bond acceptors (Lipinski definition) is 3. The van der Waals surface area contributed by atoms with Crippen LogP contribution in [0.25, 0.3) is 0 Å². The number of ether oxygens (including phenoxy) is 1. The van der Waals surface area contributed by atoms with Crippen LogP contribution in [-0.4, -0.2) is 42.3 Å². The molecule has 1 aliphatic rings. The molecule has 0 aliphatic carbocycles. The Hall–Kier alpha value is -0.900. The highest BCUT2D eigenvalue weighted by Gasteiger charge is 2.34. The third-order valence-corrected chi connectivity index (χ3v) is 3.70. The van der Waals surface area contributed by atoms with Crippen molar-refractivity contribution in [1.82, 2.24) is 4.90 Å². The fourth-order valence-corrected chi connectivity index (χ4v) is 3.03. The maximum Gasteiger partial charge on any atom is 0.0757 e. The topological polar surface area (TPSA) is 38.5 Å². The Bertz CT molecular complexity index is 391. The smallest absolute Gasteiger partial charge is 0.0757 e. The normalized spacial score (nSPS) is 25.2. The zero-order valence-corrected chi connectivity index (χ0v) is 12.3. The van der Waals surface area contributed by atoms with E-state index in [9.17, 15) is 0 Å². The van der Waals surface area contributed by atoms with Crippen molar-refractivity contribution >= 4 is 0 Å². The fourth-order valence-electron chi connectivity index (χ4n) is 3.03. The molecule has 2 rings (SSSR count). The second-order valence-electron chi connectivity index (χ2n) is 6.20. The Kier molecular flexibility index (Phi) is 4.61. The van der Waals surface area contributed by atoms with Crippen LogP contribution in [0.15, 0.2) is 30.3 Å². The standard InChI is InChI=1S/C16H26N2O/c1-13-11-18(12-16(2,3)19-13)15(10-17)9-14-7-5-4-6-8-14/h4-8,13,15H,9-12,17H2,1-3H3. The van der Waals surface area contributed by atoms with Crippen molar-refractivity contribution in [3.63, 3.8) is 0 Å². The van der Waals surface area contributed by atoms with E-state index in [-0.39, 0.29) is 11.7 Å². The van der Waals surface area contributed by atoms with E-state index in [0.717, 1.165) is 19.5 Å². The summed E-state index contributed by atoms with van der Waals surface area (Å²) in [6.07, 6.45) is 1.29. The van der Waals surface area contributed by atoms with Crippen LogP contribution in [0.1, 0.15) is 26.3 Å². The monoisotopic (exact) mass is 262 g/mol. The molecule has 2 atom stereocenters. The van der Waals surface area contributed by atoms with E-state index in [4.69, 9.17) is 10.5 Å². The summed E-state index contributed by atoms with van der Waals surface area (Å²) >= 11 is 0. The second kappa shape index (κ2) is 6.04. The van der Waals surface area contributed by atoms with E-state index in [1.54, 1.807) is 0 Å². The SMILES string of the molecule is CC1CN(C(CN)Cc2ccccc2)CC(C)(C)O1. The molecule has 2 N–H and O–H groups in total. The molecule has 0 radical (unpaired) electrons. The first-order valence-corrected chi connectivity index (χ1v) is 7.16. The quantitative estimate of drug-likeness (QED) is 0.902. The first-order chi connectivity index (χ1) is 9.00. The Morgan fingerprint density at radius 2 is 2.05 bits per heavy atom. The predicted molar refractivity (Wildman–Crippen MR) is 79.2 cm³/mol. The highest BCUT2D eigenvalue weighted by Crippen LogP contribution is 2.23. The van der Waals surface area contributed by atoms with E-state index in [1.807, 2.05) is 0 Å². The first-order valence-electron chi connectivity index (χ1n) is 7.16. The summed E-state index contributed by atoms with van der Waals surface area (Å²) in [4.78, 5) is 2.49. The number of hydrogen-bond donors (Lipinski definition) is 1. The van der Waals surface area contributed by atoms with E-state index in [1.165, 1.54) is 5.56 Å². The van der Waals surface area contributed by atoms with Crippen molar-refractivity contribution < 1.29 is 4.74 Å². The molecule has 1 aromatic rings. The van der Waals surface area contributed by atoms with Gasteiger partial charge < -0.3 is 10.5 Å². The summed E-state index contributed by atoms with van der Waals surface area (Å²) < 4.78 is 5.97. The number of nitrogens with two attached hydrogens (primary N) is 1. The third-order valence-electron chi connectivity index (χ3n) is 3.70. The molecule has 1 fully saturated rings. The van der Waals surface area contributed by atoms with Crippen LogP contribution in [0.3, 0.4) is 0 Å². The van der Waals surface area contributed by atoms with Crippen LogP contribution in [0.5, 0.6) is 0 Å². The average Bonchev–Trinajstić information content (AvgIpc) is 2.34. The van der Waals surface area contributed by atoms with Crippen molar-refractivity contribution in [2.75, 3.05) is 19.6 Å². The second-order valence-corrected chi connectivity index (χ2v) is 6.20. The number of rotatable bonds is 4. The summed E-state index contributed by atoms with van der Waals surface area (Å²) in [5.41, 5.74) is 7.28. The molecule has 3 nitrogen and oxygen atoms in total. The molecule has 1 saturated heterocycles. The molecule has 3 heteroatoms. The van der Waals surface area contributed by atoms with Crippen molar-refractivity contribution in [2.24, 2.45) is 5.73 Å². The van der Waals surface area contributed by atoms with Gasteiger partial charge in [-0.05, 0) is 32.8 Å². The molecule has 0 spiro atoms.